The number of aliphatic hydroxyl groups excluding tert-OH is 8. The van der Waals surface area contributed by atoms with Crippen LogP contribution in [0, 0.1) is 0 Å². The van der Waals surface area contributed by atoms with Crippen molar-refractivity contribution in [2.45, 2.75) is 146 Å². The van der Waals surface area contributed by atoms with E-state index in [1.165, 1.54) is 18.1 Å². The van der Waals surface area contributed by atoms with E-state index in [0.29, 0.717) is 0 Å². The van der Waals surface area contributed by atoms with E-state index < -0.39 is 92.6 Å². The molecule has 3 fully saturated rings. The summed E-state index contributed by atoms with van der Waals surface area (Å²) in [6.07, 6.45) is -10.5. The zero-order valence-electron chi connectivity index (χ0n) is 27.3. The highest BCUT2D eigenvalue weighted by atomic mass is 16.8. The zero-order chi connectivity index (χ0) is 34.1. The maximum atomic E-state index is 11.0. The van der Waals surface area contributed by atoms with Crippen LogP contribution in [0.3, 0.4) is 0 Å². The molecule has 8 N–H and O–H groups in total. The molecule has 14 atom stereocenters. The minimum atomic E-state index is -1.71. The Hall–Kier alpha value is -1.34. The smallest absolute Gasteiger partial charge is 0.187 e. The summed E-state index contributed by atoms with van der Waals surface area (Å²) >= 11 is 0. The number of allylic oxidation sites excluding steroid dienone is 5. The summed E-state index contributed by atoms with van der Waals surface area (Å²) in [5, 5.41) is 83.0. The maximum absolute atomic E-state index is 11.0. The number of hydrogen-bond donors (Lipinski definition) is 8. The first-order valence-electron chi connectivity index (χ1n) is 15.9. The lowest BCUT2D eigenvalue weighted by Gasteiger charge is -2.47. The van der Waals surface area contributed by atoms with Crippen LogP contribution in [0.1, 0.15) is 60.3 Å². The Labute approximate surface area is 270 Å². The average Bonchev–Trinajstić information content (AvgIpc) is 3.03. The van der Waals surface area contributed by atoms with Crippen molar-refractivity contribution >= 4 is 0 Å². The van der Waals surface area contributed by atoms with Crippen molar-refractivity contribution in [3.05, 3.63) is 34.9 Å². The molecule has 3 aliphatic heterocycles. The van der Waals surface area contributed by atoms with Crippen LogP contribution in [-0.4, -0.2) is 147 Å². The molecule has 3 saturated heterocycles. The van der Waals surface area contributed by atoms with E-state index in [1.54, 1.807) is 0 Å². The van der Waals surface area contributed by atoms with Crippen molar-refractivity contribution in [2.75, 3.05) is 19.8 Å². The molecular formula is C32H54O14. The summed E-state index contributed by atoms with van der Waals surface area (Å²) in [6, 6.07) is 0. The van der Waals surface area contributed by atoms with Crippen LogP contribution >= 0.6 is 0 Å². The normalized spacial score (nSPS) is 41.5. The van der Waals surface area contributed by atoms with Gasteiger partial charge in [0.05, 0.1) is 25.9 Å². The van der Waals surface area contributed by atoms with Gasteiger partial charge in [-0.05, 0) is 60.3 Å². The van der Waals surface area contributed by atoms with Gasteiger partial charge in [0.25, 0.3) is 0 Å². The molecule has 3 aliphatic rings. The van der Waals surface area contributed by atoms with Crippen LogP contribution in [0.15, 0.2) is 34.9 Å². The fourth-order valence-corrected chi connectivity index (χ4v) is 5.41. The lowest BCUT2D eigenvalue weighted by Crippen LogP contribution is -2.65. The molecule has 0 aliphatic carbocycles. The average molecular weight is 663 g/mol. The SMILES string of the molecule is C/C=C(\C)CC/C=C(\C)CC/C=C(\C)CO[C@H]1O[C@@H](CO)[C@@H](O)[C@H](O)[C@H]1O[C@@H]1O[C@@H](C)[C@H](O)[C@H](O)[C@@H]1O[C@H]1OC[C@H](O)[C@H](O)[C@@H]1O. The van der Waals surface area contributed by atoms with E-state index in [4.69, 9.17) is 28.4 Å². The highest BCUT2D eigenvalue weighted by Crippen LogP contribution is 2.32. The van der Waals surface area contributed by atoms with Crippen molar-refractivity contribution < 1.29 is 69.3 Å². The largest absolute Gasteiger partial charge is 0.394 e. The molecule has 3 rings (SSSR count). The predicted octanol–water partition coefficient (Wildman–Crippen LogP) is -0.463. The monoisotopic (exact) mass is 662 g/mol. The van der Waals surface area contributed by atoms with Gasteiger partial charge < -0.3 is 69.3 Å². The molecule has 0 bridgehead atoms. The van der Waals surface area contributed by atoms with Gasteiger partial charge in [-0.15, -0.1) is 0 Å². The van der Waals surface area contributed by atoms with Gasteiger partial charge in [-0.1, -0.05) is 34.9 Å². The van der Waals surface area contributed by atoms with Gasteiger partial charge in [0.15, 0.2) is 18.9 Å². The van der Waals surface area contributed by atoms with Crippen molar-refractivity contribution in [3.8, 4) is 0 Å². The van der Waals surface area contributed by atoms with E-state index in [1.807, 2.05) is 19.9 Å². The quantitative estimate of drug-likeness (QED) is 0.111. The third-order valence-corrected chi connectivity index (χ3v) is 8.68. The first-order chi connectivity index (χ1) is 21.8. The molecule has 0 unspecified atom stereocenters. The van der Waals surface area contributed by atoms with Crippen LogP contribution in [0.5, 0.6) is 0 Å². The number of hydrogen-bond acceptors (Lipinski definition) is 14. The fourth-order valence-electron chi connectivity index (χ4n) is 5.41. The minimum absolute atomic E-state index is 0.0697. The third kappa shape index (κ3) is 10.3. The van der Waals surface area contributed by atoms with Gasteiger partial charge in [0.1, 0.15) is 61.0 Å². The Morgan fingerprint density at radius 2 is 1.28 bits per heavy atom. The fraction of sp³-hybridized carbons (Fsp3) is 0.812. The second-order valence-corrected chi connectivity index (χ2v) is 12.5. The van der Waals surface area contributed by atoms with E-state index in [2.05, 4.69) is 26.0 Å². The Bertz CT molecular complexity index is 1020. The molecule has 14 heteroatoms. The van der Waals surface area contributed by atoms with Crippen molar-refractivity contribution in [1.29, 1.82) is 0 Å². The molecule has 46 heavy (non-hydrogen) atoms. The van der Waals surface area contributed by atoms with Gasteiger partial charge in [-0.2, -0.15) is 0 Å². The van der Waals surface area contributed by atoms with Crippen LogP contribution in [0.2, 0.25) is 0 Å². The lowest BCUT2D eigenvalue weighted by molar-refractivity contribution is -0.386. The standard InChI is InChI=1S/C32H54O14/c1-6-16(2)9-7-10-17(3)11-8-12-18(4)14-41-31-28(26(39)24(37)21(13-33)44-31)46-32-29(25(38)22(35)19(5)43-32)45-30-27(40)23(36)20(34)15-42-30/h6,10,12,19-40H,7-9,11,13-15H2,1-5H3/b16-6+,17-10+,18-12+/t19-,20-,21-,22-,23-,24+,25-,26-,27-,28+,29-,30+,31-,32-/m0/s1. The molecule has 0 aromatic heterocycles. The van der Waals surface area contributed by atoms with E-state index >= 15 is 0 Å². The van der Waals surface area contributed by atoms with Crippen LogP contribution in [-0.2, 0) is 28.4 Å². The van der Waals surface area contributed by atoms with Gasteiger partial charge in [-0.3, -0.25) is 0 Å². The summed E-state index contributed by atoms with van der Waals surface area (Å²) in [5.74, 6) is 0. The Kier molecular flexibility index (Phi) is 15.7. The predicted molar refractivity (Wildman–Crippen MR) is 163 cm³/mol. The van der Waals surface area contributed by atoms with Crippen molar-refractivity contribution in [3.63, 3.8) is 0 Å². The van der Waals surface area contributed by atoms with Gasteiger partial charge in [0, 0.05) is 0 Å². The second kappa shape index (κ2) is 18.4. The molecule has 0 aromatic rings. The van der Waals surface area contributed by atoms with Crippen LogP contribution in [0.25, 0.3) is 0 Å². The van der Waals surface area contributed by atoms with E-state index in [-0.39, 0.29) is 13.2 Å². The number of rotatable bonds is 14. The topological polar surface area (TPSA) is 217 Å². The molecule has 266 valence electrons. The van der Waals surface area contributed by atoms with Crippen molar-refractivity contribution in [2.24, 2.45) is 0 Å². The van der Waals surface area contributed by atoms with Crippen LogP contribution < -0.4 is 0 Å². The second-order valence-electron chi connectivity index (χ2n) is 12.5. The maximum Gasteiger partial charge on any atom is 0.187 e. The molecule has 3 heterocycles. The highest BCUT2D eigenvalue weighted by molar-refractivity contribution is 5.06. The summed E-state index contributed by atoms with van der Waals surface area (Å²) in [7, 11) is 0. The zero-order valence-corrected chi connectivity index (χ0v) is 27.3. The summed E-state index contributed by atoms with van der Waals surface area (Å²) in [4.78, 5) is 0. The molecular weight excluding hydrogens is 608 g/mol. The molecule has 0 saturated carbocycles. The summed E-state index contributed by atoms with van der Waals surface area (Å²) in [5.41, 5.74) is 3.50. The van der Waals surface area contributed by atoms with Gasteiger partial charge in [0.2, 0.25) is 0 Å². The highest BCUT2D eigenvalue weighted by Gasteiger charge is 2.52. The molecule has 14 nitrogen and oxygen atoms in total. The van der Waals surface area contributed by atoms with Crippen LogP contribution in [0.4, 0.5) is 0 Å². The Balaban J connectivity index is 1.70. The minimum Gasteiger partial charge on any atom is -0.394 e. The van der Waals surface area contributed by atoms with Gasteiger partial charge in [-0.25, -0.2) is 0 Å². The first kappa shape index (κ1) is 39.1. The Morgan fingerprint density at radius 1 is 0.696 bits per heavy atom. The van der Waals surface area contributed by atoms with Crippen molar-refractivity contribution in [1.82, 2.24) is 0 Å². The summed E-state index contributed by atoms with van der Waals surface area (Å²) < 4.78 is 34.5. The van der Waals surface area contributed by atoms with Gasteiger partial charge >= 0.3 is 0 Å². The van der Waals surface area contributed by atoms with E-state index in [9.17, 15) is 40.9 Å². The lowest BCUT2D eigenvalue weighted by atomic mass is 9.97. The summed E-state index contributed by atoms with van der Waals surface area (Å²) in [6.45, 7) is 8.66. The van der Waals surface area contributed by atoms with E-state index in [0.717, 1.165) is 31.3 Å². The third-order valence-electron chi connectivity index (χ3n) is 8.68. The molecule has 0 spiro atoms. The molecule has 0 aromatic carbocycles. The first-order valence-corrected chi connectivity index (χ1v) is 15.9. The molecule has 0 amide bonds. The Morgan fingerprint density at radius 3 is 1.93 bits per heavy atom. The number of ether oxygens (including phenoxy) is 6. The molecule has 0 radical (unpaired) electrons. The number of aliphatic hydroxyl groups is 8.